The van der Waals surface area contributed by atoms with E-state index < -0.39 is 17.7 Å². The van der Waals surface area contributed by atoms with E-state index in [1.165, 1.54) is 7.11 Å². The van der Waals surface area contributed by atoms with Crippen LogP contribution in [0.5, 0.6) is 5.75 Å². The lowest BCUT2D eigenvalue weighted by Crippen LogP contribution is -2.32. The van der Waals surface area contributed by atoms with Gasteiger partial charge in [-0.05, 0) is 57.0 Å². The average Bonchev–Trinajstić information content (AvgIpc) is 2.62. The zero-order chi connectivity index (χ0) is 20.7. The van der Waals surface area contributed by atoms with Crippen molar-refractivity contribution in [3.63, 3.8) is 0 Å². The number of carbonyl (C=O) groups excluding carboxylic acids is 2. The highest BCUT2D eigenvalue weighted by Gasteiger charge is 2.15. The van der Waals surface area contributed by atoms with E-state index in [0.29, 0.717) is 24.5 Å². The minimum atomic E-state index is -0.533. The van der Waals surface area contributed by atoms with E-state index in [2.05, 4.69) is 5.32 Å². The minimum Gasteiger partial charge on any atom is -0.489 e. The first-order chi connectivity index (χ1) is 13.2. The first kappa shape index (κ1) is 21.3. The van der Waals surface area contributed by atoms with Gasteiger partial charge in [0.2, 0.25) is 0 Å². The van der Waals surface area contributed by atoms with Gasteiger partial charge in [0.05, 0.1) is 12.7 Å². The minimum absolute atomic E-state index is 0.339. The zero-order valence-electron chi connectivity index (χ0n) is 17.0. The van der Waals surface area contributed by atoms with Gasteiger partial charge in [-0.1, -0.05) is 29.8 Å². The van der Waals surface area contributed by atoms with Crippen LogP contribution < -0.4 is 10.1 Å². The molecule has 150 valence electrons. The Bertz CT molecular complexity index is 839. The van der Waals surface area contributed by atoms with Crippen LogP contribution in [-0.4, -0.2) is 24.8 Å². The summed E-state index contributed by atoms with van der Waals surface area (Å²) in [6, 6.07) is 12.8. The molecule has 0 unspecified atom stereocenters. The lowest BCUT2D eigenvalue weighted by atomic mass is 10.1. The van der Waals surface area contributed by atoms with E-state index in [4.69, 9.17) is 14.2 Å². The number of hydrogen-bond acceptors (Lipinski definition) is 5. The molecule has 1 amide bonds. The summed E-state index contributed by atoms with van der Waals surface area (Å²) in [7, 11) is 1.34. The summed E-state index contributed by atoms with van der Waals surface area (Å²) in [5, 5.41) is 2.76. The molecule has 0 spiro atoms. The molecule has 0 heterocycles. The number of ether oxygens (including phenoxy) is 3. The molecule has 6 heteroatoms. The number of methoxy groups -OCH3 is 1. The van der Waals surface area contributed by atoms with E-state index in [0.717, 1.165) is 16.7 Å². The molecule has 0 aliphatic heterocycles. The van der Waals surface area contributed by atoms with Gasteiger partial charge in [0.25, 0.3) is 0 Å². The fourth-order valence-electron chi connectivity index (χ4n) is 2.62. The second-order valence-corrected chi connectivity index (χ2v) is 7.49. The maximum atomic E-state index is 11.8. The van der Waals surface area contributed by atoms with Crippen LogP contribution in [0.2, 0.25) is 0 Å². The molecule has 0 fully saturated rings. The Morgan fingerprint density at radius 2 is 1.75 bits per heavy atom. The lowest BCUT2D eigenvalue weighted by Gasteiger charge is -2.19. The van der Waals surface area contributed by atoms with Crippen molar-refractivity contribution in [3.8, 4) is 5.75 Å². The van der Waals surface area contributed by atoms with Crippen LogP contribution in [0.4, 0.5) is 4.79 Å². The second kappa shape index (κ2) is 9.26. The van der Waals surface area contributed by atoms with Gasteiger partial charge in [0.1, 0.15) is 18.0 Å². The molecule has 2 rings (SSSR count). The second-order valence-electron chi connectivity index (χ2n) is 7.49. The Morgan fingerprint density at radius 3 is 2.43 bits per heavy atom. The van der Waals surface area contributed by atoms with Crippen LogP contribution in [0.3, 0.4) is 0 Å². The van der Waals surface area contributed by atoms with Crippen molar-refractivity contribution in [2.75, 3.05) is 7.11 Å². The molecule has 6 nitrogen and oxygen atoms in total. The smallest absolute Gasteiger partial charge is 0.407 e. The van der Waals surface area contributed by atoms with Crippen molar-refractivity contribution in [2.24, 2.45) is 0 Å². The van der Waals surface area contributed by atoms with E-state index >= 15 is 0 Å². The fourth-order valence-corrected chi connectivity index (χ4v) is 2.62. The number of benzene rings is 2. The average molecular weight is 385 g/mol. The molecule has 0 saturated carbocycles. The molecule has 0 aliphatic carbocycles. The predicted octanol–water partition coefficient (Wildman–Crippen LogP) is 4.39. The normalized spacial score (nSPS) is 10.9. The van der Waals surface area contributed by atoms with Crippen LogP contribution in [0, 0.1) is 6.92 Å². The number of rotatable bonds is 6. The van der Waals surface area contributed by atoms with Gasteiger partial charge in [-0.2, -0.15) is 0 Å². The Kier molecular flexibility index (Phi) is 7.04. The number of nitrogens with one attached hydrogen (secondary N) is 1. The topological polar surface area (TPSA) is 73.9 Å². The molecule has 0 atom stereocenters. The number of carbonyl (C=O) groups is 2. The molecule has 28 heavy (non-hydrogen) atoms. The van der Waals surface area contributed by atoms with Crippen LogP contribution >= 0.6 is 0 Å². The first-order valence-electron chi connectivity index (χ1n) is 9.04. The fraction of sp³-hybridized carbons (Fsp3) is 0.364. The molecule has 1 N–H and O–H groups in total. The zero-order valence-corrected chi connectivity index (χ0v) is 17.0. The number of esters is 1. The van der Waals surface area contributed by atoms with E-state index in [1.54, 1.807) is 24.3 Å². The third kappa shape index (κ3) is 6.95. The van der Waals surface area contributed by atoms with Gasteiger partial charge in [-0.15, -0.1) is 0 Å². The molecule has 0 bridgehead atoms. The van der Waals surface area contributed by atoms with Crippen LogP contribution in [0.25, 0.3) is 0 Å². The van der Waals surface area contributed by atoms with Gasteiger partial charge in [-0.3, -0.25) is 0 Å². The van der Waals surface area contributed by atoms with Gasteiger partial charge in [-0.25, -0.2) is 9.59 Å². The molecular formula is C22H27NO5. The maximum Gasteiger partial charge on any atom is 0.407 e. The van der Waals surface area contributed by atoms with Crippen molar-refractivity contribution in [1.29, 1.82) is 0 Å². The number of amides is 1. The largest absolute Gasteiger partial charge is 0.489 e. The summed E-state index contributed by atoms with van der Waals surface area (Å²) in [4.78, 5) is 23.4. The summed E-state index contributed by atoms with van der Waals surface area (Å²) in [6.07, 6.45) is -0.452. The summed E-state index contributed by atoms with van der Waals surface area (Å²) >= 11 is 0. The summed E-state index contributed by atoms with van der Waals surface area (Å²) in [5.41, 5.74) is 2.88. The Hall–Kier alpha value is -3.02. The van der Waals surface area contributed by atoms with Crippen LogP contribution in [-0.2, 0) is 22.6 Å². The molecule has 0 radical (unpaired) electrons. The predicted molar refractivity (Wildman–Crippen MR) is 106 cm³/mol. The van der Waals surface area contributed by atoms with Gasteiger partial charge >= 0.3 is 12.1 Å². The number of hydrogen-bond donors (Lipinski definition) is 1. The van der Waals surface area contributed by atoms with E-state index in [1.807, 2.05) is 45.9 Å². The molecule has 2 aromatic rings. The highest BCUT2D eigenvalue weighted by Crippen LogP contribution is 2.17. The molecule has 0 aliphatic rings. The third-order valence-electron chi connectivity index (χ3n) is 3.69. The van der Waals surface area contributed by atoms with Crippen molar-refractivity contribution < 1.29 is 23.8 Å². The van der Waals surface area contributed by atoms with Crippen LogP contribution in [0.15, 0.2) is 42.5 Å². The molecule has 0 saturated heterocycles. The SMILES string of the molecule is COC(=O)c1cccc(OCc2cc(C)cc(CNC(=O)OC(C)(C)C)c2)c1. The standard InChI is InChI=1S/C22H27NO5/c1-15-9-16(13-23-21(25)28-22(2,3)4)11-17(10-15)14-27-19-8-6-7-18(12-19)20(24)26-5/h6-12H,13-14H2,1-5H3,(H,23,25). The van der Waals surface area contributed by atoms with Crippen molar-refractivity contribution in [3.05, 3.63) is 64.7 Å². The number of alkyl carbamates (subject to hydrolysis) is 1. The van der Waals surface area contributed by atoms with Gasteiger partial charge in [0.15, 0.2) is 0 Å². The molecular weight excluding hydrogens is 358 g/mol. The highest BCUT2D eigenvalue weighted by atomic mass is 16.6. The lowest BCUT2D eigenvalue weighted by molar-refractivity contribution is 0.0522. The Labute approximate surface area is 165 Å². The van der Waals surface area contributed by atoms with Crippen molar-refractivity contribution >= 4 is 12.1 Å². The van der Waals surface area contributed by atoms with Crippen LogP contribution in [0.1, 0.15) is 47.8 Å². The quantitative estimate of drug-likeness (QED) is 0.747. The Morgan fingerprint density at radius 1 is 1.04 bits per heavy atom. The molecule has 0 aromatic heterocycles. The summed E-state index contributed by atoms with van der Waals surface area (Å²) in [5.74, 6) is 0.175. The molecule has 2 aromatic carbocycles. The summed E-state index contributed by atoms with van der Waals surface area (Å²) < 4.78 is 15.8. The van der Waals surface area contributed by atoms with Crippen molar-refractivity contribution in [2.45, 2.75) is 46.4 Å². The highest BCUT2D eigenvalue weighted by molar-refractivity contribution is 5.89. The first-order valence-corrected chi connectivity index (χ1v) is 9.04. The number of aryl methyl sites for hydroxylation is 1. The Balaban J connectivity index is 1.99. The van der Waals surface area contributed by atoms with Crippen molar-refractivity contribution in [1.82, 2.24) is 5.32 Å². The maximum absolute atomic E-state index is 11.8. The summed E-state index contributed by atoms with van der Waals surface area (Å²) in [6.45, 7) is 8.16. The van der Waals surface area contributed by atoms with E-state index in [-0.39, 0.29) is 0 Å². The monoisotopic (exact) mass is 385 g/mol. The van der Waals surface area contributed by atoms with E-state index in [9.17, 15) is 9.59 Å². The third-order valence-corrected chi connectivity index (χ3v) is 3.69. The van der Waals surface area contributed by atoms with Gasteiger partial charge in [0, 0.05) is 6.54 Å². The van der Waals surface area contributed by atoms with Gasteiger partial charge < -0.3 is 19.5 Å².